The van der Waals surface area contributed by atoms with E-state index in [9.17, 15) is 14.7 Å². The van der Waals surface area contributed by atoms with E-state index < -0.39 is 11.2 Å². The Morgan fingerprint density at radius 2 is 1.77 bits per heavy atom. The lowest BCUT2D eigenvalue weighted by Gasteiger charge is -2.36. The Kier molecular flexibility index (Phi) is 9.96. The molecule has 13 heteroatoms. The third-order valence-electron chi connectivity index (χ3n) is 7.74. The first kappa shape index (κ1) is 33.6. The van der Waals surface area contributed by atoms with Crippen LogP contribution in [0.3, 0.4) is 0 Å². The molecule has 0 aliphatic carbocycles. The van der Waals surface area contributed by atoms with Gasteiger partial charge in [-0.3, -0.25) is 9.69 Å². The number of carbonyl (C=O) groups excluding carboxylic acids is 1. The zero-order valence-electron chi connectivity index (χ0n) is 27.9. The van der Waals surface area contributed by atoms with Crippen molar-refractivity contribution >= 4 is 34.4 Å². The molecule has 4 aromatic rings. The van der Waals surface area contributed by atoms with Crippen LogP contribution < -0.4 is 21.1 Å². The number of pyridine rings is 1. The number of amides is 1. The first-order valence-electron chi connectivity index (χ1n) is 15.9. The molecular formula is C34H45N9O4. The fourth-order valence-corrected chi connectivity index (χ4v) is 5.41. The van der Waals surface area contributed by atoms with Gasteiger partial charge in [-0.05, 0) is 84.0 Å². The first-order chi connectivity index (χ1) is 22.3. The lowest BCUT2D eigenvalue weighted by Crippen LogP contribution is -2.47. The monoisotopic (exact) mass is 643 g/mol. The summed E-state index contributed by atoms with van der Waals surface area (Å²) < 4.78 is 8.43. The van der Waals surface area contributed by atoms with E-state index in [2.05, 4.69) is 49.1 Å². The van der Waals surface area contributed by atoms with Gasteiger partial charge in [0.05, 0.1) is 12.2 Å². The fourth-order valence-electron chi connectivity index (χ4n) is 5.41. The number of rotatable bonds is 11. The molecule has 3 N–H and O–H groups in total. The van der Waals surface area contributed by atoms with Gasteiger partial charge in [0.15, 0.2) is 11.5 Å². The molecule has 1 aliphatic heterocycles. The number of anilines is 3. The number of aliphatic hydroxyl groups is 1. The third kappa shape index (κ3) is 8.35. The molecule has 1 aromatic carbocycles. The van der Waals surface area contributed by atoms with Crippen LogP contribution in [-0.4, -0.2) is 85.3 Å². The summed E-state index contributed by atoms with van der Waals surface area (Å²) in [5, 5.41) is 17.0. The van der Waals surface area contributed by atoms with E-state index >= 15 is 0 Å². The Morgan fingerprint density at radius 3 is 2.43 bits per heavy atom. The summed E-state index contributed by atoms with van der Waals surface area (Å²) in [5.41, 5.74) is 0.889. The minimum atomic E-state index is -1.16. The molecule has 0 atom stereocenters. The number of piperazine rings is 1. The Labute approximate surface area is 274 Å². The van der Waals surface area contributed by atoms with E-state index in [1.807, 2.05) is 32.9 Å². The summed E-state index contributed by atoms with van der Waals surface area (Å²) in [6, 6.07) is 13.4. The molecule has 1 amide bonds. The number of benzene rings is 1. The summed E-state index contributed by atoms with van der Waals surface area (Å²) in [7, 11) is 0. The van der Waals surface area contributed by atoms with Gasteiger partial charge in [0, 0.05) is 50.3 Å². The molecule has 250 valence electrons. The van der Waals surface area contributed by atoms with Crippen molar-refractivity contribution in [1.29, 1.82) is 0 Å². The lowest BCUT2D eigenvalue weighted by atomic mass is 10.1. The number of fused-ring (bicyclic) bond motifs is 1. The molecule has 0 unspecified atom stereocenters. The molecular weight excluding hydrogens is 598 g/mol. The second-order valence-electron chi connectivity index (χ2n) is 13.1. The molecule has 47 heavy (non-hydrogen) atoms. The van der Waals surface area contributed by atoms with Crippen molar-refractivity contribution in [2.75, 3.05) is 49.5 Å². The van der Waals surface area contributed by atoms with Gasteiger partial charge < -0.3 is 25.4 Å². The van der Waals surface area contributed by atoms with Crippen LogP contribution in [0.2, 0.25) is 0 Å². The number of nitrogens with zero attached hydrogens (tertiary/aromatic N) is 7. The summed E-state index contributed by atoms with van der Waals surface area (Å²) in [6.45, 7) is 18.2. The van der Waals surface area contributed by atoms with Gasteiger partial charge in [0.2, 0.25) is 5.95 Å². The second-order valence-corrected chi connectivity index (χ2v) is 13.1. The van der Waals surface area contributed by atoms with Crippen LogP contribution in [0.4, 0.5) is 22.1 Å². The highest BCUT2D eigenvalue weighted by atomic mass is 16.6. The molecule has 3 aromatic heterocycles. The van der Waals surface area contributed by atoms with Crippen molar-refractivity contribution in [2.24, 2.45) is 0 Å². The fraction of sp³-hybridized carbons (Fsp3) is 0.441. The van der Waals surface area contributed by atoms with Crippen molar-refractivity contribution in [2.45, 2.75) is 58.8 Å². The average Bonchev–Trinajstić information content (AvgIpc) is 3.29. The van der Waals surface area contributed by atoms with Gasteiger partial charge in [0.1, 0.15) is 16.6 Å². The van der Waals surface area contributed by atoms with Crippen molar-refractivity contribution in [3.05, 3.63) is 77.4 Å². The van der Waals surface area contributed by atoms with Crippen molar-refractivity contribution in [3.63, 3.8) is 0 Å². The third-order valence-corrected chi connectivity index (χ3v) is 7.74. The van der Waals surface area contributed by atoms with E-state index in [0.29, 0.717) is 35.0 Å². The summed E-state index contributed by atoms with van der Waals surface area (Å²) >= 11 is 0. The topological polar surface area (TPSA) is 143 Å². The molecule has 1 saturated heterocycles. The number of allylic oxidation sites excluding steroid dienone is 1. The van der Waals surface area contributed by atoms with Crippen molar-refractivity contribution in [3.8, 4) is 5.82 Å². The summed E-state index contributed by atoms with van der Waals surface area (Å²) in [4.78, 5) is 43.7. The second kappa shape index (κ2) is 13.9. The minimum Gasteiger partial charge on any atom is -0.444 e. The van der Waals surface area contributed by atoms with Gasteiger partial charge >= 0.3 is 6.09 Å². The molecule has 0 spiro atoms. The zero-order chi connectivity index (χ0) is 33.8. The van der Waals surface area contributed by atoms with Crippen LogP contribution in [-0.2, 0) is 16.9 Å². The van der Waals surface area contributed by atoms with Gasteiger partial charge in [0.25, 0.3) is 5.56 Å². The molecule has 0 bridgehead atoms. The number of hydrogen-bond donors (Lipinski definition) is 3. The Morgan fingerprint density at radius 1 is 1.04 bits per heavy atom. The quantitative estimate of drug-likeness (QED) is 0.161. The maximum Gasteiger partial charge on any atom is 0.407 e. The van der Waals surface area contributed by atoms with E-state index in [1.54, 1.807) is 42.8 Å². The van der Waals surface area contributed by atoms with Crippen LogP contribution in [0.1, 0.15) is 46.7 Å². The van der Waals surface area contributed by atoms with Crippen LogP contribution in [0.5, 0.6) is 0 Å². The maximum atomic E-state index is 13.3. The number of aromatic nitrogens is 5. The number of nitrogens with one attached hydrogen (secondary N) is 2. The summed E-state index contributed by atoms with van der Waals surface area (Å²) in [6.07, 6.45) is 3.65. The summed E-state index contributed by atoms with van der Waals surface area (Å²) in [5.74, 6) is 0.785. The van der Waals surface area contributed by atoms with Crippen molar-refractivity contribution < 1.29 is 14.6 Å². The molecule has 0 saturated carbocycles. The van der Waals surface area contributed by atoms with Crippen molar-refractivity contribution in [1.82, 2.24) is 34.5 Å². The average molecular weight is 644 g/mol. The normalized spacial score (nSPS) is 14.3. The standard InChI is InChI=1S/C34H45N9O4/c1-7-17-42-30(44)26-23-36-31(39-29(26)43(42)28-11-8-10-27(38-28)34(5,6)46)37-24-12-14-25(15-13-24)41-21-19-40(20-22-41)18-9-16-35-32(45)47-33(2,3)4/h7-8,10-15,23,46H,1,9,16-22H2,2-6H3,(H,35,45)(H,36,37,39). The number of hydrogen-bond acceptors (Lipinski definition) is 10. The van der Waals surface area contributed by atoms with Gasteiger partial charge in [-0.1, -0.05) is 12.1 Å². The van der Waals surface area contributed by atoms with Gasteiger partial charge in [-0.25, -0.2) is 24.1 Å². The zero-order valence-corrected chi connectivity index (χ0v) is 27.9. The SMILES string of the molecule is C=CCn1c(=O)c2cnc(Nc3ccc(N4CCN(CCCNC(=O)OC(C)(C)C)CC4)cc3)nc2n1-c1cccc(C(C)(C)O)n1. The Bertz CT molecular complexity index is 1760. The number of carbonyl (C=O) groups is 1. The number of alkyl carbamates (subject to hydrolysis) is 1. The highest BCUT2D eigenvalue weighted by Crippen LogP contribution is 2.24. The largest absolute Gasteiger partial charge is 0.444 e. The molecule has 13 nitrogen and oxygen atoms in total. The van der Waals surface area contributed by atoms with Gasteiger partial charge in [-0.2, -0.15) is 4.98 Å². The predicted octanol–water partition coefficient (Wildman–Crippen LogP) is 4.17. The lowest BCUT2D eigenvalue weighted by molar-refractivity contribution is 0.0525. The van der Waals surface area contributed by atoms with Crippen LogP contribution in [0, 0.1) is 0 Å². The molecule has 0 radical (unpaired) electrons. The van der Waals surface area contributed by atoms with Gasteiger partial charge in [-0.15, -0.1) is 6.58 Å². The number of ether oxygens (including phenoxy) is 1. The first-order valence-corrected chi connectivity index (χ1v) is 15.9. The minimum absolute atomic E-state index is 0.243. The predicted molar refractivity (Wildman–Crippen MR) is 184 cm³/mol. The smallest absolute Gasteiger partial charge is 0.407 e. The van der Waals surface area contributed by atoms with E-state index in [0.717, 1.165) is 50.5 Å². The molecule has 4 heterocycles. The maximum absolute atomic E-state index is 13.3. The van der Waals surface area contributed by atoms with Crippen LogP contribution in [0.15, 0.2) is 66.1 Å². The van der Waals surface area contributed by atoms with E-state index in [1.165, 1.54) is 10.9 Å². The van der Waals surface area contributed by atoms with E-state index in [-0.39, 0.29) is 18.2 Å². The molecule has 1 fully saturated rings. The Balaban J connectivity index is 1.23. The van der Waals surface area contributed by atoms with Crippen LogP contribution >= 0.6 is 0 Å². The van der Waals surface area contributed by atoms with E-state index in [4.69, 9.17) is 9.72 Å². The molecule has 1 aliphatic rings. The molecule has 5 rings (SSSR count). The Hall–Kier alpha value is -4.75. The highest BCUT2D eigenvalue weighted by Gasteiger charge is 2.22. The highest BCUT2D eigenvalue weighted by molar-refractivity contribution is 5.77. The van der Waals surface area contributed by atoms with Crippen LogP contribution in [0.25, 0.3) is 16.9 Å².